The van der Waals surface area contributed by atoms with Gasteiger partial charge in [0.2, 0.25) is 6.79 Å². The molecule has 0 aliphatic carbocycles. The van der Waals surface area contributed by atoms with Crippen LogP contribution >= 0.6 is 22.6 Å². The van der Waals surface area contributed by atoms with Crippen molar-refractivity contribution in [2.24, 2.45) is 0 Å². The van der Waals surface area contributed by atoms with Gasteiger partial charge in [0, 0.05) is 10.1 Å². The molecule has 2 aromatic rings. The summed E-state index contributed by atoms with van der Waals surface area (Å²) in [5.41, 5.74) is 0.851. The van der Waals surface area contributed by atoms with Crippen molar-refractivity contribution < 1.29 is 28.9 Å². The Morgan fingerprint density at radius 1 is 1.23 bits per heavy atom. The van der Waals surface area contributed by atoms with E-state index in [1.54, 1.807) is 18.2 Å². The van der Waals surface area contributed by atoms with Gasteiger partial charge in [-0.05, 0) is 65.4 Å². The molecule has 0 aromatic heterocycles. The molecule has 8 heteroatoms. The number of carbonyl (C=O) groups is 2. The monoisotopic (exact) mass is 469 g/mol. The highest BCUT2D eigenvalue weighted by atomic mass is 127. The van der Waals surface area contributed by atoms with Crippen molar-refractivity contribution in [3.05, 3.63) is 51.1 Å². The van der Waals surface area contributed by atoms with Gasteiger partial charge in [-0.25, -0.2) is 4.79 Å². The molecule has 26 heavy (non-hydrogen) atoms. The summed E-state index contributed by atoms with van der Waals surface area (Å²) in [7, 11) is 0. The number of nitrogens with one attached hydrogen (secondary N) is 1. The lowest BCUT2D eigenvalue weighted by Crippen LogP contribution is -2.35. The van der Waals surface area contributed by atoms with Crippen LogP contribution in [0.15, 0.2) is 36.4 Å². The molecular formula is C18H16INO6. The summed E-state index contributed by atoms with van der Waals surface area (Å²) in [6.07, 6.45) is -1.01. The normalized spacial score (nSPS) is 13.2. The maximum Gasteiger partial charge on any atom is 0.342 e. The van der Waals surface area contributed by atoms with Gasteiger partial charge in [-0.15, -0.1) is 0 Å². The summed E-state index contributed by atoms with van der Waals surface area (Å²) >= 11 is 2.02. The topological polar surface area (TPSA) is 94.1 Å². The summed E-state index contributed by atoms with van der Waals surface area (Å²) in [6, 6.07) is 9.93. The number of rotatable bonds is 5. The van der Waals surface area contributed by atoms with Crippen LogP contribution in [0.2, 0.25) is 0 Å². The van der Waals surface area contributed by atoms with Crippen LogP contribution in [0.25, 0.3) is 0 Å². The minimum Gasteiger partial charge on any atom is -0.507 e. The highest BCUT2D eigenvalue weighted by Gasteiger charge is 2.21. The Kier molecular flexibility index (Phi) is 5.50. The lowest BCUT2D eigenvalue weighted by atomic mass is 10.2. The third kappa shape index (κ3) is 4.18. The van der Waals surface area contributed by atoms with Crippen LogP contribution in [0.4, 0.5) is 0 Å². The molecule has 0 saturated heterocycles. The lowest BCUT2D eigenvalue weighted by molar-refractivity contribution is -0.129. The van der Waals surface area contributed by atoms with Gasteiger partial charge in [0.05, 0.1) is 0 Å². The highest BCUT2D eigenvalue weighted by Crippen LogP contribution is 2.32. The van der Waals surface area contributed by atoms with Crippen LogP contribution in [0.5, 0.6) is 17.2 Å². The molecule has 7 nitrogen and oxygen atoms in total. The molecule has 2 aromatic carbocycles. The molecule has 0 spiro atoms. The van der Waals surface area contributed by atoms with Gasteiger partial charge in [-0.2, -0.15) is 0 Å². The van der Waals surface area contributed by atoms with Gasteiger partial charge < -0.3 is 24.6 Å². The molecule has 1 aliphatic rings. The third-order valence-corrected chi connectivity index (χ3v) is 4.41. The Labute approximate surface area is 163 Å². The van der Waals surface area contributed by atoms with E-state index >= 15 is 0 Å². The Morgan fingerprint density at radius 2 is 2.00 bits per heavy atom. The first-order valence-corrected chi connectivity index (χ1v) is 8.87. The maximum absolute atomic E-state index is 12.2. The number of benzene rings is 2. The molecule has 0 saturated carbocycles. The molecule has 1 heterocycles. The van der Waals surface area contributed by atoms with Crippen LogP contribution < -0.4 is 14.8 Å². The molecule has 1 amide bonds. The van der Waals surface area contributed by atoms with Gasteiger partial charge in [-0.1, -0.05) is 6.07 Å². The van der Waals surface area contributed by atoms with Gasteiger partial charge in [0.15, 0.2) is 17.6 Å². The first-order valence-electron chi connectivity index (χ1n) is 7.80. The molecule has 0 bridgehead atoms. The Bertz CT molecular complexity index is 854. The van der Waals surface area contributed by atoms with E-state index in [0.717, 1.165) is 9.13 Å². The predicted octanol–water partition coefficient (Wildman–Crippen LogP) is 2.59. The molecule has 0 radical (unpaired) electrons. The van der Waals surface area contributed by atoms with Crippen molar-refractivity contribution in [1.29, 1.82) is 0 Å². The highest BCUT2D eigenvalue weighted by molar-refractivity contribution is 14.1. The smallest absolute Gasteiger partial charge is 0.342 e. The second kappa shape index (κ2) is 7.81. The fourth-order valence-corrected chi connectivity index (χ4v) is 2.82. The predicted molar refractivity (Wildman–Crippen MR) is 100 cm³/mol. The van der Waals surface area contributed by atoms with E-state index in [-0.39, 0.29) is 24.7 Å². The maximum atomic E-state index is 12.2. The zero-order valence-electron chi connectivity index (χ0n) is 13.8. The summed E-state index contributed by atoms with van der Waals surface area (Å²) in [5.74, 6) is -0.0960. The Hall–Kier alpha value is -2.49. The lowest BCUT2D eigenvalue weighted by Gasteiger charge is -2.14. The largest absolute Gasteiger partial charge is 0.507 e. The van der Waals surface area contributed by atoms with Crippen LogP contribution in [0.3, 0.4) is 0 Å². The standard InChI is InChI=1S/C18H16INO6/c1-10(26-18(23)13-7-12(19)3-4-14(13)21)17(22)20-8-11-2-5-15-16(6-11)25-9-24-15/h2-7,10,21H,8-9H2,1H3,(H,20,22)/t10-/m1/s1. The molecule has 1 atom stereocenters. The van der Waals surface area contributed by atoms with Crippen molar-refractivity contribution in [3.8, 4) is 17.2 Å². The molecule has 0 unspecified atom stereocenters. The quantitative estimate of drug-likeness (QED) is 0.517. The van der Waals surface area contributed by atoms with E-state index in [1.165, 1.54) is 19.1 Å². The molecule has 136 valence electrons. The van der Waals surface area contributed by atoms with E-state index in [2.05, 4.69) is 5.32 Å². The third-order valence-electron chi connectivity index (χ3n) is 3.74. The van der Waals surface area contributed by atoms with E-state index in [4.69, 9.17) is 14.2 Å². The van der Waals surface area contributed by atoms with Crippen LogP contribution in [-0.4, -0.2) is 29.9 Å². The van der Waals surface area contributed by atoms with Gasteiger partial charge in [-0.3, -0.25) is 4.79 Å². The van der Waals surface area contributed by atoms with E-state index < -0.39 is 18.0 Å². The van der Waals surface area contributed by atoms with Crippen LogP contribution in [-0.2, 0) is 16.1 Å². The summed E-state index contributed by atoms with van der Waals surface area (Å²) in [6.45, 7) is 1.91. The number of fused-ring (bicyclic) bond motifs is 1. The molecule has 0 fully saturated rings. The number of ether oxygens (including phenoxy) is 3. The van der Waals surface area contributed by atoms with E-state index in [9.17, 15) is 14.7 Å². The van der Waals surface area contributed by atoms with Crippen molar-refractivity contribution in [1.82, 2.24) is 5.32 Å². The van der Waals surface area contributed by atoms with Gasteiger partial charge >= 0.3 is 5.97 Å². The minimum absolute atomic E-state index is 0.0207. The number of phenolic OH excluding ortho intramolecular Hbond substituents is 1. The van der Waals surface area contributed by atoms with E-state index in [1.807, 2.05) is 28.7 Å². The number of halogens is 1. The number of esters is 1. The number of hydrogen-bond donors (Lipinski definition) is 2. The van der Waals surface area contributed by atoms with E-state index in [0.29, 0.717) is 11.5 Å². The fourth-order valence-electron chi connectivity index (χ4n) is 2.33. The van der Waals surface area contributed by atoms with Crippen molar-refractivity contribution in [2.75, 3.05) is 6.79 Å². The zero-order valence-corrected chi connectivity index (χ0v) is 16.0. The second-order valence-corrected chi connectivity index (χ2v) is 6.86. The van der Waals surface area contributed by atoms with Crippen LogP contribution in [0, 0.1) is 3.57 Å². The number of amides is 1. The first-order chi connectivity index (χ1) is 12.4. The number of carbonyl (C=O) groups excluding carboxylic acids is 2. The van der Waals surface area contributed by atoms with Crippen molar-refractivity contribution in [2.45, 2.75) is 19.6 Å². The molecule has 2 N–H and O–H groups in total. The number of aromatic hydroxyl groups is 1. The summed E-state index contributed by atoms with van der Waals surface area (Å²) < 4.78 is 16.4. The summed E-state index contributed by atoms with van der Waals surface area (Å²) in [4.78, 5) is 24.3. The average molecular weight is 469 g/mol. The summed E-state index contributed by atoms with van der Waals surface area (Å²) in [5, 5.41) is 12.5. The zero-order chi connectivity index (χ0) is 18.7. The number of phenols is 1. The molecular weight excluding hydrogens is 453 g/mol. The molecule has 3 rings (SSSR count). The average Bonchev–Trinajstić information content (AvgIpc) is 3.09. The second-order valence-electron chi connectivity index (χ2n) is 5.61. The number of hydrogen-bond acceptors (Lipinski definition) is 6. The Morgan fingerprint density at radius 3 is 2.81 bits per heavy atom. The SMILES string of the molecule is C[C@@H](OC(=O)c1cc(I)ccc1O)C(=O)NCc1ccc2c(c1)OCO2. The molecule has 1 aliphatic heterocycles. The minimum atomic E-state index is -1.01. The van der Waals surface area contributed by atoms with Crippen molar-refractivity contribution >= 4 is 34.5 Å². The first kappa shape index (κ1) is 18.3. The fraction of sp³-hybridized carbons (Fsp3) is 0.222. The Balaban J connectivity index is 1.56. The van der Waals surface area contributed by atoms with Gasteiger partial charge in [0.1, 0.15) is 11.3 Å². The van der Waals surface area contributed by atoms with Crippen LogP contribution in [0.1, 0.15) is 22.8 Å². The van der Waals surface area contributed by atoms with Crippen molar-refractivity contribution in [3.63, 3.8) is 0 Å². The van der Waals surface area contributed by atoms with Gasteiger partial charge in [0.25, 0.3) is 5.91 Å².